The topological polar surface area (TPSA) is 29.1 Å². The highest BCUT2D eigenvalue weighted by atomic mass is 35.5. The van der Waals surface area contributed by atoms with Crippen LogP contribution in [0.25, 0.3) is 0 Å². The first-order valence-electron chi connectivity index (χ1n) is 6.02. The summed E-state index contributed by atoms with van der Waals surface area (Å²) in [5.74, 6) is 2.47. The Morgan fingerprint density at radius 1 is 1.33 bits per heavy atom. The lowest BCUT2D eigenvalue weighted by Crippen LogP contribution is -2.42. The molecule has 2 nitrogen and oxygen atoms in total. The van der Waals surface area contributed by atoms with Crippen molar-refractivity contribution in [3.05, 3.63) is 0 Å². The van der Waals surface area contributed by atoms with Crippen LogP contribution in [0.2, 0.25) is 0 Å². The Bertz CT molecular complexity index is 254. The summed E-state index contributed by atoms with van der Waals surface area (Å²) in [5, 5.41) is 2.62. The van der Waals surface area contributed by atoms with Crippen LogP contribution in [0.5, 0.6) is 0 Å². The first-order chi connectivity index (χ1) is 7.08. The zero-order chi connectivity index (χ0) is 11.0. The number of rotatable bonds is 3. The molecule has 2 saturated carbocycles. The first-order valence-corrected chi connectivity index (χ1v) is 6.46. The highest BCUT2D eigenvalue weighted by Gasteiger charge is 2.42. The predicted molar refractivity (Wildman–Crippen MR) is 61.9 cm³/mol. The summed E-state index contributed by atoms with van der Waals surface area (Å²) in [6, 6.07) is 0.300. The third-order valence-corrected chi connectivity index (χ3v) is 4.36. The van der Waals surface area contributed by atoms with E-state index in [1.165, 1.54) is 25.7 Å². The Hall–Kier alpha value is -0.240. The van der Waals surface area contributed by atoms with Crippen molar-refractivity contribution < 1.29 is 4.79 Å². The lowest BCUT2D eigenvalue weighted by atomic mass is 9.84. The van der Waals surface area contributed by atoms with Crippen molar-refractivity contribution in [1.82, 2.24) is 5.32 Å². The van der Waals surface area contributed by atoms with Crippen LogP contribution >= 0.6 is 11.6 Å². The van der Waals surface area contributed by atoms with Crippen molar-refractivity contribution in [3.63, 3.8) is 0 Å². The lowest BCUT2D eigenvalue weighted by Gasteiger charge is -2.28. The van der Waals surface area contributed by atoms with Gasteiger partial charge in [0.15, 0.2) is 0 Å². The molecule has 0 spiro atoms. The second kappa shape index (κ2) is 4.32. The van der Waals surface area contributed by atoms with Gasteiger partial charge in [-0.25, -0.2) is 0 Å². The van der Waals surface area contributed by atoms with Gasteiger partial charge in [0, 0.05) is 6.04 Å². The molecule has 0 aromatic carbocycles. The fourth-order valence-corrected chi connectivity index (χ4v) is 3.42. The third kappa shape index (κ3) is 2.30. The molecule has 3 heteroatoms. The van der Waals surface area contributed by atoms with Gasteiger partial charge in [-0.3, -0.25) is 4.79 Å². The molecule has 0 radical (unpaired) electrons. The van der Waals surface area contributed by atoms with Crippen LogP contribution in [0.4, 0.5) is 0 Å². The Kier molecular flexibility index (Phi) is 3.24. The summed E-state index contributed by atoms with van der Waals surface area (Å²) in [6.45, 7) is 3.85. The van der Waals surface area contributed by atoms with E-state index in [9.17, 15) is 4.79 Å². The lowest BCUT2D eigenvalue weighted by molar-refractivity contribution is -0.121. The van der Waals surface area contributed by atoms with Gasteiger partial charge in [-0.2, -0.15) is 0 Å². The molecule has 2 rings (SSSR count). The van der Waals surface area contributed by atoms with Crippen molar-refractivity contribution in [2.45, 2.75) is 50.9 Å². The second-order valence-electron chi connectivity index (χ2n) is 5.25. The molecule has 1 amide bonds. The average molecular weight is 230 g/mol. The van der Waals surface area contributed by atoms with Crippen LogP contribution in [0, 0.1) is 17.8 Å². The van der Waals surface area contributed by atoms with Gasteiger partial charge >= 0.3 is 0 Å². The third-order valence-electron chi connectivity index (χ3n) is 4.17. The minimum atomic E-state index is -0.411. The maximum atomic E-state index is 11.5. The summed E-state index contributed by atoms with van der Waals surface area (Å²) in [5.41, 5.74) is 0. The molecule has 5 atom stereocenters. The monoisotopic (exact) mass is 229 g/mol. The summed E-state index contributed by atoms with van der Waals surface area (Å²) < 4.78 is 0. The number of carbonyl (C=O) groups excluding carboxylic acids is 1. The first kappa shape index (κ1) is 11.3. The molecular formula is C12H20ClNO. The zero-order valence-corrected chi connectivity index (χ0v) is 10.3. The van der Waals surface area contributed by atoms with E-state index in [0.717, 1.165) is 11.8 Å². The van der Waals surface area contributed by atoms with Gasteiger partial charge in [-0.05, 0) is 50.9 Å². The summed E-state index contributed by atoms with van der Waals surface area (Å²) in [6.07, 6.45) is 5.48. The maximum absolute atomic E-state index is 11.5. The van der Waals surface area contributed by atoms with E-state index >= 15 is 0 Å². The summed E-state index contributed by atoms with van der Waals surface area (Å²) in [4.78, 5) is 11.5. The molecular weight excluding hydrogens is 210 g/mol. The van der Waals surface area contributed by atoms with Gasteiger partial charge in [0.25, 0.3) is 0 Å². The van der Waals surface area contributed by atoms with Crippen molar-refractivity contribution in [3.8, 4) is 0 Å². The number of fused-ring (bicyclic) bond motifs is 2. The highest BCUT2D eigenvalue weighted by Crippen LogP contribution is 2.49. The second-order valence-corrected chi connectivity index (χ2v) is 5.91. The van der Waals surface area contributed by atoms with Crippen LogP contribution in [-0.2, 0) is 4.79 Å². The number of carbonyl (C=O) groups is 1. The molecule has 2 aliphatic carbocycles. The number of amides is 1. The van der Waals surface area contributed by atoms with Crippen LogP contribution in [0.1, 0.15) is 39.5 Å². The van der Waals surface area contributed by atoms with Gasteiger partial charge in [-0.15, -0.1) is 11.6 Å². The quantitative estimate of drug-likeness (QED) is 0.741. The van der Waals surface area contributed by atoms with Gasteiger partial charge in [0.2, 0.25) is 5.91 Å². The van der Waals surface area contributed by atoms with Gasteiger partial charge in [-0.1, -0.05) is 6.42 Å². The smallest absolute Gasteiger partial charge is 0.237 e. The van der Waals surface area contributed by atoms with E-state index in [4.69, 9.17) is 11.6 Å². The molecule has 0 aromatic rings. The highest BCUT2D eigenvalue weighted by molar-refractivity contribution is 6.30. The molecule has 0 heterocycles. The SMILES string of the molecule is CC(Cl)C(=O)NC(C)C1C[C@@H]2CC[C@H]1C2. The number of hydrogen-bond acceptors (Lipinski definition) is 1. The van der Waals surface area contributed by atoms with Crippen molar-refractivity contribution in [2.75, 3.05) is 0 Å². The number of hydrogen-bond donors (Lipinski definition) is 1. The Balaban J connectivity index is 1.86. The minimum Gasteiger partial charge on any atom is -0.352 e. The zero-order valence-electron chi connectivity index (χ0n) is 9.50. The van der Waals surface area contributed by atoms with E-state index in [-0.39, 0.29) is 5.91 Å². The van der Waals surface area contributed by atoms with Crippen LogP contribution < -0.4 is 5.32 Å². The summed E-state index contributed by atoms with van der Waals surface area (Å²) >= 11 is 5.75. The van der Waals surface area contributed by atoms with E-state index in [1.54, 1.807) is 6.92 Å². The van der Waals surface area contributed by atoms with Crippen molar-refractivity contribution >= 4 is 17.5 Å². The van der Waals surface area contributed by atoms with Crippen LogP contribution in [-0.4, -0.2) is 17.3 Å². The maximum Gasteiger partial charge on any atom is 0.237 e. The van der Waals surface area contributed by atoms with E-state index in [1.807, 2.05) is 0 Å². The van der Waals surface area contributed by atoms with Gasteiger partial charge in [0.1, 0.15) is 5.38 Å². The van der Waals surface area contributed by atoms with Crippen molar-refractivity contribution in [1.29, 1.82) is 0 Å². The summed E-state index contributed by atoms with van der Waals surface area (Å²) in [7, 11) is 0. The van der Waals surface area contributed by atoms with E-state index < -0.39 is 5.38 Å². The standard InChI is InChI=1S/C12H20ClNO/c1-7(13)12(15)14-8(2)11-6-9-3-4-10(11)5-9/h7-11H,3-6H2,1-2H3,(H,14,15)/t7?,8?,9-,10+,11?/m1/s1. The predicted octanol–water partition coefficient (Wildman–Crippen LogP) is 2.55. The minimum absolute atomic E-state index is 0.0214. The largest absolute Gasteiger partial charge is 0.352 e. The average Bonchev–Trinajstić information content (AvgIpc) is 2.78. The number of halogens is 1. The molecule has 2 aliphatic rings. The molecule has 1 N–H and O–H groups in total. The Morgan fingerprint density at radius 3 is 2.53 bits per heavy atom. The van der Waals surface area contributed by atoms with Crippen LogP contribution in [0.15, 0.2) is 0 Å². The number of alkyl halides is 1. The molecule has 0 aliphatic heterocycles. The molecule has 3 unspecified atom stereocenters. The van der Waals surface area contributed by atoms with E-state index in [2.05, 4.69) is 12.2 Å². The normalized spacial score (nSPS) is 37.7. The molecule has 0 aromatic heterocycles. The molecule has 2 bridgehead atoms. The van der Waals surface area contributed by atoms with Crippen LogP contribution in [0.3, 0.4) is 0 Å². The fourth-order valence-electron chi connectivity index (χ4n) is 3.35. The van der Waals surface area contributed by atoms with Gasteiger partial charge in [0.05, 0.1) is 0 Å². The Labute approximate surface area is 96.8 Å². The van der Waals surface area contributed by atoms with E-state index in [0.29, 0.717) is 12.0 Å². The number of nitrogens with one attached hydrogen (secondary N) is 1. The van der Waals surface area contributed by atoms with Crippen molar-refractivity contribution in [2.24, 2.45) is 17.8 Å². The molecule has 86 valence electrons. The van der Waals surface area contributed by atoms with Gasteiger partial charge < -0.3 is 5.32 Å². The molecule has 15 heavy (non-hydrogen) atoms. The molecule has 0 saturated heterocycles. The fraction of sp³-hybridized carbons (Fsp3) is 0.917. The molecule has 2 fully saturated rings. The Morgan fingerprint density at radius 2 is 2.07 bits per heavy atom.